The summed E-state index contributed by atoms with van der Waals surface area (Å²) >= 11 is 0. The van der Waals surface area contributed by atoms with Gasteiger partial charge in [0.2, 0.25) is 0 Å². The van der Waals surface area contributed by atoms with Crippen molar-refractivity contribution in [2.45, 2.75) is 31.8 Å². The Bertz CT molecular complexity index is 1190. The Morgan fingerprint density at radius 1 is 1.34 bits per heavy atom. The summed E-state index contributed by atoms with van der Waals surface area (Å²) in [5.74, 6) is 5.19. The van der Waals surface area contributed by atoms with E-state index in [1.54, 1.807) is 0 Å². The summed E-state index contributed by atoms with van der Waals surface area (Å²) in [7, 11) is 1.38. The standard InChI is InChI=1S/C20H28FN7O4/c1-9-7-26(8-12(9)14(22)6-25-19(23)30)16-13(21)5-11-15(17(16)32-2)27(10-3-4-10)20(31)28(24)18(11)29/h5,9-10,12,14H,3-4,6-8,22,24H2,1-2H3,(H3,23,25,30)/t9-,12-,14+/m0/s1. The fourth-order valence-electron chi connectivity index (χ4n) is 4.70. The van der Waals surface area contributed by atoms with E-state index >= 15 is 4.39 Å². The Morgan fingerprint density at radius 2 is 2.03 bits per heavy atom. The summed E-state index contributed by atoms with van der Waals surface area (Å²) in [6.07, 6.45) is 1.52. The number of nitrogens with zero attached hydrogens (tertiary/aromatic N) is 3. The minimum Gasteiger partial charge on any atom is -0.492 e. The topological polar surface area (TPSA) is 164 Å². The van der Waals surface area contributed by atoms with Crippen molar-refractivity contribution in [3.8, 4) is 5.75 Å². The van der Waals surface area contributed by atoms with Crippen LogP contribution in [0.15, 0.2) is 15.7 Å². The van der Waals surface area contributed by atoms with Gasteiger partial charge in [-0.15, -0.1) is 0 Å². The third kappa shape index (κ3) is 3.53. The molecule has 32 heavy (non-hydrogen) atoms. The number of methoxy groups -OCH3 is 1. The normalized spacial score (nSPS) is 21.7. The van der Waals surface area contributed by atoms with Gasteiger partial charge in [-0.25, -0.2) is 14.0 Å². The monoisotopic (exact) mass is 449 g/mol. The zero-order valence-corrected chi connectivity index (χ0v) is 18.0. The summed E-state index contributed by atoms with van der Waals surface area (Å²) in [6.45, 7) is 3.08. The number of carbonyl (C=O) groups excluding carboxylic acids is 1. The molecule has 11 nitrogen and oxygen atoms in total. The Balaban J connectivity index is 1.82. The molecule has 12 heteroatoms. The largest absolute Gasteiger partial charge is 0.492 e. The number of primary amides is 1. The molecule has 1 saturated carbocycles. The maximum absolute atomic E-state index is 15.4. The van der Waals surface area contributed by atoms with Crippen LogP contribution < -0.4 is 43.5 Å². The van der Waals surface area contributed by atoms with Gasteiger partial charge in [-0.05, 0) is 30.7 Å². The van der Waals surface area contributed by atoms with E-state index in [1.165, 1.54) is 11.7 Å². The van der Waals surface area contributed by atoms with Gasteiger partial charge < -0.3 is 32.3 Å². The van der Waals surface area contributed by atoms with Gasteiger partial charge in [0.1, 0.15) is 11.2 Å². The molecule has 7 N–H and O–H groups in total. The van der Waals surface area contributed by atoms with Crippen LogP contribution in [-0.4, -0.2) is 48.1 Å². The first kappa shape index (κ1) is 21.9. The average Bonchev–Trinajstić information content (AvgIpc) is 3.51. The lowest BCUT2D eigenvalue weighted by molar-refractivity contribution is 0.246. The molecule has 2 heterocycles. The molecule has 1 aromatic heterocycles. The first-order valence-electron chi connectivity index (χ1n) is 10.5. The molecule has 1 saturated heterocycles. The highest BCUT2D eigenvalue weighted by Crippen LogP contribution is 2.44. The van der Waals surface area contributed by atoms with Crippen LogP contribution in [0.25, 0.3) is 10.9 Å². The van der Waals surface area contributed by atoms with Crippen molar-refractivity contribution in [1.82, 2.24) is 14.6 Å². The smallest absolute Gasteiger partial charge is 0.350 e. The highest BCUT2D eigenvalue weighted by atomic mass is 19.1. The summed E-state index contributed by atoms with van der Waals surface area (Å²) in [6, 6.07) is -0.0462. The minimum absolute atomic E-state index is 0.0109. The fourth-order valence-corrected chi connectivity index (χ4v) is 4.70. The molecule has 1 aromatic carbocycles. The number of carbonyl (C=O) groups is 1. The van der Waals surface area contributed by atoms with E-state index in [0.29, 0.717) is 17.8 Å². The number of rotatable bonds is 6. The minimum atomic E-state index is -0.780. The second-order valence-corrected chi connectivity index (χ2v) is 8.65. The van der Waals surface area contributed by atoms with Crippen LogP contribution in [0.4, 0.5) is 14.9 Å². The number of aromatic nitrogens is 2. The predicted octanol–water partition coefficient (Wildman–Crippen LogP) is -0.572. The molecule has 2 amide bonds. The second kappa shape index (κ2) is 8.01. The van der Waals surface area contributed by atoms with Gasteiger partial charge in [-0.2, -0.15) is 4.68 Å². The maximum atomic E-state index is 15.4. The first-order valence-corrected chi connectivity index (χ1v) is 10.5. The molecular formula is C20H28FN7O4. The van der Waals surface area contributed by atoms with E-state index in [2.05, 4.69) is 5.32 Å². The van der Waals surface area contributed by atoms with Crippen molar-refractivity contribution in [3.05, 3.63) is 32.7 Å². The van der Waals surface area contributed by atoms with Crippen molar-refractivity contribution >= 4 is 22.6 Å². The number of anilines is 1. The number of amides is 2. The third-order valence-corrected chi connectivity index (χ3v) is 6.45. The molecule has 0 radical (unpaired) electrons. The number of nitrogens with two attached hydrogens (primary N) is 3. The lowest BCUT2D eigenvalue weighted by atomic mass is 9.91. The third-order valence-electron chi connectivity index (χ3n) is 6.45. The van der Waals surface area contributed by atoms with Crippen molar-refractivity contribution in [3.63, 3.8) is 0 Å². The maximum Gasteiger partial charge on any atom is 0.350 e. The number of halogens is 1. The van der Waals surface area contributed by atoms with Crippen molar-refractivity contribution in [2.75, 3.05) is 37.5 Å². The Morgan fingerprint density at radius 3 is 2.62 bits per heavy atom. The van der Waals surface area contributed by atoms with E-state index in [4.69, 9.17) is 22.0 Å². The highest BCUT2D eigenvalue weighted by molar-refractivity contribution is 5.91. The molecule has 2 fully saturated rings. The van der Waals surface area contributed by atoms with E-state index in [1.807, 2.05) is 11.8 Å². The van der Waals surface area contributed by atoms with Crippen LogP contribution in [0.3, 0.4) is 0 Å². The molecule has 1 aliphatic carbocycles. The zero-order valence-electron chi connectivity index (χ0n) is 18.0. The Labute approximate surface area is 182 Å². The number of hydrogen-bond acceptors (Lipinski definition) is 7. The molecule has 2 aliphatic rings. The van der Waals surface area contributed by atoms with Crippen molar-refractivity contribution < 1.29 is 13.9 Å². The van der Waals surface area contributed by atoms with Crippen LogP contribution in [0, 0.1) is 17.7 Å². The molecule has 0 spiro atoms. The number of nitrogens with one attached hydrogen (secondary N) is 1. The Kier molecular flexibility index (Phi) is 5.49. The molecule has 3 atom stereocenters. The summed E-state index contributed by atoms with van der Waals surface area (Å²) < 4.78 is 22.9. The number of benzene rings is 1. The van der Waals surface area contributed by atoms with Crippen LogP contribution in [-0.2, 0) is 0 Å². The quantitative estimate of drug-likeness (QED) is 0.429. The van der Waals surface area contributed by atoms with Crippen molar-refractivity contribution in [1.29, 1.82) is 0 Å². The van der Waals surface area contributed by atoms with Crippen LogP contribution in [0.1, 0.15) is 25.8 Å². The molecule has 2 aromatic rings. The fraction of sp³-hybridized carbons (Fsp3) is 0.550. The van der Waals surface area contributed by atoms with Crippen LogP contribution >= 0.6 is 0 Å². The summed E-state index contributed by atoms with van der Waals surface area (Å²) in [5, 5.41) is 2.50. The second-order valence-electron chi connectivity index (χ2n) is 8.65. The van der Waals surface area contributed by atoms with Crippen LogP contribution in [0.2, 0.25) is 0 Å². The van der Waals surface area contributed by atoms with E-state index in [0.717, 1.165) is 18.9 Å². The lowest BCUT2D eigenvalue weighted by Crippen LogP contribution is -2.46. The number of nitrogen functional groups attached to an aromatic ring is 1. The Hall–Kier alpha value is -3.28. The summed E-state index contributed by atoms with van der Waals surface area (Å²) in [5.41, 5.74) is 10.4. The van der Waals surface area contributed by atoms with Gasteiger partial charge in [0.05, 0.1) is 12.5 Å². The number of urea groups is 1. The predicted molar refractivity (Wildman–Crippen MR) is 118 cm³/mol. The average molecular weight is 449 g/mol. The van der Waals surface area contributed by atoms with Crippen molar-refractivity contribution in [2.24, 2.45) is 23.3 Å². The van der Waals surface area contributed by atoms with Crippen LogP contribution in [0.5, 0.6) is 5.75 Å². The van der Waals surface area contributed by atoms with Gasteiger partial charge in [-0.1, -0.05) is 6.92 Å². The van der Waals surface area contributed by atoms with Gasteiger partial charge in [0, 0.05) is 31.7 Å². The first-order chi connectivity index (χ1) is 15.1. The SMILES string of the molecule is COc1c(N2C[C@H]([C@H](N)CNC(N)=O)[C@@H](C)C2)c(F)cc2c(=O)n(N)c(=O)n(C3CC3)c12. The van der Waals surface area contributed by atoms with Gasteiger partial charge in [0.25, 0.3) is 5.56 Å². The van der Waals surface area contributed by atoms with Gasteiger partial charge in [0.15, 0.2) is 11.6 Å². The van der Waals surface area contributed by atoms with Gasteiger partial charge in [-0.3, -0.25) is 9.36 Å². The number of fused-ring (bicyclic) bond motifs is 1. The molecule has 1 aliphatic heterocycles. The van der Waals surface area contributed by atoms with E-state index in [-0.39, 0.29) is 52.8 Å². The molecule has 0 bridgehead atoms. The van der Waals surface area contributed by atoms with E-state index in [9.17, 15) is 14.4 Å². The zero-order chi connectivity index (χ0) is 23.3. The number of hydrogen-bond donors (Lipinski definition) is 4. The summed E-state index contributed by atoms with van der Waals surface area (Å²) in [4.78, 5) is 38.2. The molecule has 174 valence electrons. The number of ether oxygens (including phenoxy) is 1. The molecule has 4 rings (SSSR count). The van der Waals surface area contributed by atoms with E-state index < -0.39 is 23.1 Å². The lowest BCUT2D eigenvalue weighted by Gasteiger charge is -2.25. The van der Waals surface area contributed by atoms with Gasteiger partial charge >= 0.3 is 11.7 Å². The molecule has 0 unspecified atom stereocenters. The highest BCUT2D eigenvalue weighted by Gasteiger charge is 2.38. The molecular weight excluding hydrogens is 421 g/mol.